The number of nitrogens with zero attached hydrogens (tertiary/aromatic N) is 2. The van der Waals surface area contributed by atoms with E-state index in [2.05, 4.69) is 62.7 Å². The molecular weight excluding hydrogens is 258 g/mol. The number of aromatic nitrogens is 2. The topological polar surface area (TPSA) is 43.8 Å². The van der Waals surface area contributed by atoms with Gasteiger partial charge in [0.05, 0.1) is 11.7 Å². The Balaban J connectivity index is 2.49. The molecule has 114 valence electrons. The van der Waals surface area contributed by atoms with Gasteiger partial charge in [0.1, 0.15) is 0 Å². The average Bonchev–Trinajstić information content (AvgIpc) is 2.92. The van der Waals surface area contributed by atoms with E-state index >= 15 is 0 Å². The third-order valence-corrected chi connectivity index (χ3v) is 4.15. The van der Waals surface area contributed by atoms with Gasteiger partial charge in [0.2, 0.25) is 0 Å². The SMILES string of the molecule is CCc1cc(CC)n(C(c2ccc(C)cc2)C(N)CC)n1. The van der Waals surface area contributed by atoms with Gasteiger partial charge in [-0.25, -0.2) is 0 Å². The molecule has 2 atom stereocenters. The van der Waals surface area contributed by atoms with Crippen LogP contribution in [0, 0.1) is 6.92 Å². The minimum Gasteiger partial charge on any atom is -0.326 e. The molecule has 3 nitrogen and oxygen atoms in total. The second-order valence-corrected chi connectivity index (χ2v) is 5.71. The molecule has 0 bridgehead atoms. The molecule has 0 aliphatic rings. The van der Waals surface area contributed by atoms with Crippen molar-refractivity contribution in [1.29, 1.82) is 0 Å². The van der Waals surface area contributed by atoms with Crippen molar-refractivity contribution in [2.45, 2.75) is 59.0 Å². The van der Waals surface area contributed by atoms with Crippen LogP contribution in [0.15, 0.2) is 30.3 Å². The fraction of sp³-hybridized carbons (Fsp3) is 0.500. The summed E-state index contributed by atoms with van der Waals surface area (Å²) in [6.45, 7) is 8.57. The van der Waals surface area contributed by atoms with Gasteiger partial charge in [-0.15, -0.1) is 0 Å². The van der Waals surface area contributed by atoms with Crippen molar-refractivity contribution >= 4 is 0 Å². The van der Waals surface area contributed by atoms with Crippen LogP contribution >= 0.6 is 0 Å². The van der Waals surface area contributed by atoms with E-state index in [0.717, 1.165) is 25.0 Å². The van der Waals surface area contributed by atoms with Crippen LogP contribution in [0.1, 0.15) is 55.7 Å². The van der Waals surface area contributed by atoms with Crippen molar-refractivity contribution in [3.63, 3.8) is 0 Å². The summed E-state index contributed by atoms with van der Waals surface area (Å²) >= 11 is 0. The highest BCUT2D eigenvalue weighted by atomic mass is 15.3. The molecule has 3 heteroatoms. The summed E-state index contributed by atoms with van der Waals surface area (Å²) in [5, 5.41) is 4.80. The van der Waals surface area contributed by atoms with Crippen LogP contribution in [0.5, 0.6) is 0 Å². The molecule has 0 saturated heterocycles. The van der Waals surface area contributed by atoms with E-state index in [1.54, 1.807) is 0 Å². The molecule has 0 radical (unpaired) electrons. The van der Waals surface area contributed by atoms with Gasteiger partial charge >= 0.3 is 0 Å². The van der Waals surface area contributed by atoms with Gasteiger partial charge < -0.3 is 5.73 Å². The van der Waals surface area contributed by atoms with Crippen LogP contribution in [-0.4, -0.2) is 15.8 Å². The van der Waals surface area contributed by atoms with Crippen molar-refractivity contribution in [2.24, 2.45) is 5.73 Å². The van der Waals surface area contributed by atoms with Crippen molar-refractivity contribution < 1.29 is 0 Å². The van der Waals surface area contributed by atoms with Gasteiger partial charge in [0.25, 0.3) is 0 Å². The lowest BCUT2D eigenvalue weighted by molar-refractivity contribution is 0.411. The van der Waals surface area contributed by atoms with E-state index in [1.165, 1.54) is 16.8 Å². The Morgan fingerprint density at radius 2 is 1.76 bits per heavy atom. The van der Waals surface area contributed by atoms with E-state index in [-0.39, 0.29) is 12.1 Å². The first-order valence-corrected chi connectivity index (χ1v) is 8.00. The predicted octanol–water partition coefficient (Wildman–Crippen LogP) is 3.64. The maximum absolute atomic E-state index is 6.43. The summed E-state index contributed by atoms with van der Waals surface area (Å²) in [6, 6.07) is 11.1. The Labute approximate surface area is 128 Å². The molecule has 0 aliphatic heterocycles. The fourth-order valence-electron chi connectivity index (χ4n) is 2.72. The van der Waals surface area contributed by atoms with Gasteiger partial charge in [-0.1, -0.05) is 50.6 Å². The summed E-state index contributed by atoms with van der Waals surface area (Å²) in [5.74, 6) is 0. The maximum Gasteiger partial charge on any atom is 0.0922 e. The third kappa shape index (κ3) is 3.35. The molecule has 2 unspecified atom stereocenters. The number of benzene rings is 1. The summed E-state index contributed by atoms with van der Waals surface area (Å²) < 4.78 is 2.15. The molecule has 0 saturated carbocycles. The lowest BCUT2D eigenvalue weighted by Crippen LogP contribution is -2.34. The fourth-order valence-corrected chi connectivity index (χ4v) is 2.72. The number of aryl methyl sites for hydroxylation is 3. The standard InChI is InChI=1S/C18H27N3/c1-5-15-12-16(6-2)21(20-15)18(17(19)7-3)14-10-8-13(4)9-11-14/h8-12,17-18H,5-7,19H2,1-4H3. The first kappa shape index (κ1) is 15.8. The molecule has 0 amide bonds. The van der Waals surface area contributed by atoms with E-state index in [9.17, 15) is 0 Å². The summed E-state index contributed by atoms with van der Waals surface area (Å²) in [5.41, 5.74) is 11.4. The zero-order valence-electron chi connectivity index (χ0n) is 13.6. The van der Waals surface area contributed by atoms with E-state index in [4.69, 9.17) is 10.8 Å². The Morgan fingerprint density at radius 1 is 1.10 bits per heavy atom. The highest BCUT2D eigenvalue weighted by Gasteiger charge is 2.23. The van der Waals surface area contributed by atoms with Gasteiger partial charge in [0, 0.05) is 11.7 Å². The Morgan fingerprint density at radius 3 is 2.29 bits per heavy atom. The Bertz CT molecular complexity index is 569. The number of rotatable bonds is 6. The minimum absolute atomic E-state index is 0.0719. The van der Waals surface area contributed by atoms with Crippen molar-refractivity contribution in [2.75, 3.05) is 0 Å². The smallest absolute Gasteiger partial charge is 0.0922 e. The maximum atomic E-state index is 6.43. The molecule has 21 heavy (non-hydrogen) atoms. The first-order chi connectivity index (χ1) is 10.1. The number of nitrogens with two attached hydrogens (primary N) is 1. The predicted molar refractivity (Wildman–Crippen MR) is 88.6 cm³/mol. The molecule has 0 aliphatic carbocycles. The second kappa shape index (κ2) is 6.90. The average molecular weight is 285 g/mol. The highest BCUT2D eigenvalue weighted by Crippen LogP contribution is 2.25. The number of hydrogen-bond donors (Lipinski definition) is 1. The van der Waals surface area contributed by atoms with Crippen molar-refractivity contribution in [1.82, 2.24) is 9.78 Å². The van der Waals surface area contributed by atoms with Crippen LogP contribution in [0.2, 0.25) is 0 Å². The monoisotopic (exact) mass is 285 g/mol. The highest BCUT2D eigenvalue weighted by molar-refractivity contribution is 5.27. The number of hydrogen-bond acceptors (Lipinski definition) is 2. The zero-order chi connectivity index (χ0) is 15.4. The van der Waals surface area contributed by atoms with Crippen LogP contribution in [0.4, 0.5) is 0 Å². The normalized spacial score (nSPS) is 14.1. The molecule has 1 aromatic heterocycles. The van der Waals surface area contributed by atoms with E-state index < -0.39 is 0 Å². The summed E-state index contributed by atoms with van der Waals surface area (Å²) in [6.07, 6.45) is 2.87. The molecule has 0 fully saturated rings. The molecule has 2 aromatic rings. The zero-order valence-corrected chi connectivity index (χ0v) is 13.6. The summed E-state index contributed by atoms with van der Waals surface area (Å²) in [4.78, 5) is 0. The van der Waals surface area contributed by atoms with Gasteiger partial charge in [-0.2, -0.15) is 5.10 Å². The van der Waals surface area contributed by atoms with Crippen LogP contribution in [0.3, 0.4) is 0 Å². The quantitative estimate of drug-likeness (QED) is 0.880. The summed E-state index contributed by atoms with van der Waals surface area (Å²) in [7, 11) is 0. The third-order valence-electron chi connectivity index (χ3n) is 4.15. The van der Waals surface area contributed by atoms with Crippen LogP contribution in [0.25, 0.3) is 0 Å². The van der Waals surface area contributed by atoms with Crippen LogP contribution in [-0.2, 0) is 12.8 Å². The van der Waals surface area contributed by atoms with E-state index in [1.807, 2.05) is 0 Å². The van der Waals surface area contributed by atoms with Crippen molar-refractivity contribution in [3.8, 4) is 0 Å². The largest absolute Gasteiger partial charge is 0.326 e. The lowest BCUT2D eigenvalue weighted by Gasteiger charge is -2.26. The Hall–Kier alpha value is -1.61. The molecule has 1 aromatic carbocycles. The second-order valence-electron chi connectivity index (χ2n) is 5.71. The van der Waals surface area contributed by atoms with Gasteiger partial charge in [-0.05, 0) is 37.8 Å². The molecular formula is C18H27N3. The molecule has 0 spiro atoms. The first-order valence-electron chi connectivity index (χ1n) is 8.00. The van der Waals surface area contributed by atoms with E-state index in [0.29, 0.717) is 0 Å². The van der Waals surface area contributed by atoms with Crippen LogP contribution < -0.4 is 5.73 Å². The lowest BCUT2D eigenvalue weighted by atomic mass is 9.97. The molecule has 2 N–H and O–H groups in total. The Kier molecular flexibility index (Phi) is 5.18. The van der Waals surface area contributed by atoms with Gasteiger partial charge in [-0.3, -0.25) is 4.68 Å². The molecule has 1 heterocycles. The van der Waals surface area contributed by atoms with Gasteiger partial charge in [0.15, 0.2) is 0 Å². The van der Waals surface area contributed by atoms with Crippen molar-refractivity contribution in [3.05, 3.63) is 52.8 Å². The molecule has 2 rings (SSSR count). The minimum atomic E-state index is 0.0719.